The van der Waals surface area contributed by atoms with E-state index in [9.17, 15) is 4.79 Å². The average molecular weight is 264 g/mol. The first-order chi connectivity index (χ1) is 9.31. The van der Waals surface area contributed by atoms with Crippen molar-refractivity contribution in [1.82, 2.24) is 9.88 Å². The molecular formula is C15H24N2O2. The van der Waals surface area contributed by atoms with Crippen LogP contribution in [-0.2, 0) is 17.8 Å². The van der Waals surface area contributed by atoms with Gasteiger partial charge in [0, 0.05) is 24.9 Å². The first kappa shape index (κ1) is 14.3. The normalized spacial score (nSPS) is 18.9. The Bertz CT molecular complexity index is 436. The van der Waals surface area contributed by atoms with Crippen LogP contribution in [0.2, 0.25) is 0 Å². The van der Waals surface area contributed by atoms with E-state index in [0.717, 1.165) is 38.0 Å². The third-order valence-corrected chi connectivity index (χ3v) is 3.55. The first-order valence-corrected chi connectivity index (χ1v) is 7.32. The number of nitrogens with one attached hydrogen (secondary N) is 1. The molecule has 0 saturated carbocycles. The van der Waals surface area contributed by atoms with Gasteiger partial charge in [0.25, 0.3) is 5.56 Å². The van der Waals surface area contributed by atoms with Crippen LogP contribution < -0.4 is 10.9 Å². The van der Waals surface area contributed by atoms with Gasteiger partial charge in [-0.3, -0.25) is 4.79 Å². The van der Waals surface area contributed by atoms with Crippen LogP contribution in [0.4, 0.5) is 0 Å². The molecule has 0 bridgehead atoms. The van der Waals surface area contributed by atoms with E-state index in [2.05, 4.69) is 12.2 Å². The zero-order valence-electron chi connectivity index (χ0n) is 11.7. The lowest BCUT2D eigenvalue weighted by Gasteiger charge is -2.13. The summed E-state index contributed by atoms with van der Waals surface area (Å²) in [5.74, 6) is 0. The van der Waals surface area contributed by atoms with E-state index in [1.807, 2.05) is 18.3 Å². The van der Waals surface area contributed by atoms with Gasteiger partial charge in [-0.1, -0.05) is 19.4 Å². The number of ether oxygens (including phenoxy) is 1. The van der Waals surface area contributed by atoms with Crippen LogP contribution in [0.25, 0.3) is 0 Å². The molecule has 1 atom stereocenters. The zero-order chi connectivity index (χ0) is 13.5. The lowest BCUT2D eigenvalue weighted by Crippen LogP contribution is -2.30. The topological polar surface area (TPSA) is 43.3 Å². The fraction of sp³-hybridized carbons (Fsp3) is 0.667. The molecule has 1 aliphatic rings. The quantitative estimate of drug-likeness (QED) is 0.765. The Hall–Kier alpha value is -1.13. The van der Waals surface area contributed by atoms with Gasteiger partial charge in [0.05, 0.1) is 12.6 Å². The maximum Gasteiger partial charge on any atom is 0.255 e. The minimum absolute atomic E-state index is 0.113. The van der Waals surface area contributed by atoms with E-state index < -0.39 is 0 Å². The van der Waals surface area contributed by atoms with Crippen LogP contribution in [0.3, 0.4) is 0 Å². The molecule has 1 aliphatic heterocycles. The highest BCUT2D eigenvalue weighted by molar-refractivity contribution is 5.10. The Kier molecular flexibility index (Phi) is 5.61. The van der Waals surface area contributed by atoms with Gasteiger partial charge < -0.3 is 14.6 Å². The summed E-state index contributed by atoms with van der Waals surface area (Å²) >= 11 is 0. The summed E-state index contributed by atoms with van der Waals surface area (Å²) < 4.78 is 7.37. The zero-order valence-corrected chi connectivity index (χ0v) is 11.7. The van der Waals surface area contributed by atoms with Crippen molar-refractivity contribution in [1.29, 1.82) is 0 Å². The van der Waals surface area contributed by atoms with Gasteiger partial charge in [-0.2, -0.15) is 0 Å². The van der Waals surface area contributed by atoms with Crippen LogP contribution in [0.5, 0.6) is 0 Å². The summed E-state index contributed by atoms with van der Waals surface area (Å²) in [5.41, 5.74) is 0.957. The summed E-state index contributed by atoms with van der Waals surface area (Å²) in [6.45, 7) is 5.31. The van der Waals surface area contributed by atoms with Crippen LogP contribution in [0.1, 0.15) is 38.2 Å². The summed E-state index contributed by atoms with van der Waals surface area (Å²) in [5, 5.41) is 3.32. The van der Waals surface area contributed by atoms with Crippen molar-refractivity contribution in [3.05, 3.63) is 34.2 Å². The van der Waals surface area contributed by atoms with Crippen LogP contribution in [0, 0.1) is 0 Å². The molecule has 1 saturated heterocycles. The van der Waals surface area contributed by atoms with E-state index in [4.69, 9.17) is 4.74 Å². The molecule has 1 unspecified atom stereocenters. The third kappa shape index (κ3) is 4.18. The second-order valence-electron chi connectivity index (χ2n) is 5.16. The molecule has 106 valence electrons. The number of hydrogen-bond acceptors (Lipinski definition) is 3. The van der Waals surface area contributed by atoms with Crippen LogP contribution in [-0.4, -0.2) is 23.8 Å². The van der Waals surface area contributed by atoms with E-state index >= 15 is 0 Å². The maximum absolute atomic E-state index is 12.3. The number of pyridine rings is 1. The van der Waals surface area contributed by atoms with Gasteiger partial charge in [0.15, 0.2) is 0 Å². The Morgan fingerprint density at radius 2 is 2.42 bits per heavy atom. The summed E-state index contributed by atoms with van der Waals surface area (Å²) in [6.07, 6.45) is 6.56. The first-order valence-electron chi connectivity index (χ1n) is 7.32. The average Bonchev–Trinajstić information content (AvgIpc) is 2.91. The largest absolute Gasteiger partial charge is 0.376 e. The van der Waals surface area contributed by atoms with Crippen molar-refractivity contribution >= 4 is 0 Å². The van der Waals surface area contributed by atoms with Gasteiger partial charge in [0.2, 0.25) is 0 Å². The summed E-state index contributed by atoms with van der Waals surface area (Å²) in [7, 11) is 0. The van der Waals surface area contributed by atoms with Crippen molar-refractivity contribution in [3.63, 3.8) is 0 Å². The van der Waals surface area contributed by atoms with E-state index in [1.165, 1.54) is 6.42 Å². The molecule has 2 rings (SSSR count). The molecule has 4 heteroatoms. The molecule has 0 radical (unpaired) electrons. The number of aromatic nitrogens is 1. The Balaban J connectivity index is 1.94. The highest BCUT2D eigenvalue weighted by Crippen LogP contribution is 2.13. The third-order valence-electron chi connectivity index (χ3n) is 3.55. The van der Waals surface area contributed by atoms with Crippen LogP contribution >= 0.6 is 0 Å². The smallest absolute Gasteiger partial charge is 0.255 e. The highest BCUT2D eigenvalue weighted by atomic mass is 16.5. The molecular weight excluding hydrogens is 240 g/mol. The minimum Gasteiger partial charge on any atom is -0.376 e. The fourth-order valence-electron chi connectivity index (χ4n) is 2.40. The molecule has 1 aromatic heterocycles. The highest BCUT2D eigenvalue weighted by Gasteiger charge is 2.16. The molecule has 0 spiro atoms. The van der Waals surface area contributed by atoms with Gasteiger partial charge in [-0.15, -0.1) is 0 Å². The number of hydrogen-bond donors (Lipinski definition) is 1. The van der Waals surface area contributed by atoms with Crippen molar-refractivity contribution in [2.75, 3.05) is 13.2 Å². The van der Waals surface area contributed by atoms with Crippen molar-refractivity contribution in [2.45, 2.75) is 51.8 Å². The van der Waals surface area contributed by atoms with Gasteiger partial charge in [-0.05, 0) is 31.9 Å². The van der Waals surface area contributed by atoms with E-state index in [-0.39, 0.29) is 11.7 Å². The molecule has 1 N–H and O–H groups in total. The predicted octanol–water partition coefficient (Wildman–Crippen LogP) is 1.92. The molecule has 0 aliphatic carbocycles. The predicted molar refractivity (Wildman–Crippen MR) is 76.3 cm³/mol. The van der Waals surface area contributed by atoms with Crippen molar-refractivity contribution < 1.29 is 4.74 Å². The molecule has 0 amide bonds. The van der Waals surface area contributed by atoms with Crippen molar-refractivity contribution in [3.8, 4) is 0 Å². The van der Waals surface area contributed by atoms with Gasteiger partial charge >= 0.3 is 0 Å². The van der Waals surface area contributed by atoms with E-state index in [0.29, 0.717) is 13.1 Å². The summed E-state index contributed by atoms with van der Waals surface area (Å²) in [6, 6.07) is 3.86. The second-order valence-corrected chi connectivity index (χ2v) is 5.16. The lowest BCUT2D eigenvalue weighted by atomic mass is 10.2. The van der Waals surface area contributed by atoms with Crippen molar-refractivity contribution in [2.24, 2.45) is 0 Å². The van der Waals surface area contributed by atoms with E-state index in [1.54, 1.807) is 4.57 Å². The Labute approximate surface area is 114 Å². The molecule has 0 aromatic carbocycles. The Morgan fingerprint density at radius 3 is 3.16 bits per heavy atom. The molecule has 1 fully saturated rings. The lowest BCUT2D eigenvalue weighted by molar-refractivity contribution is 0.0961. The second kappa shape index (κ2) is 7.46. The number of nitrogens with zero attached hydrogens (tertiary/aromatic N) is 1. The minimum atomic E-state index is 0.113. The maximum atomic E-state index is 12.3. The monoisotopic (exact) mass is 264 g/mol. The number of rotatable bonds is 7. The van der Waals surface area contributed by atoms with Gasteiger partial charge in [0.1, 0.15) is 0 Å². The standard InChI is InChI=1S/C15H24N2O2/c1-2-3-8-16-11-13-6-4-9-17(15(13)18)12-14-7-5-10-19-14/h4,6,9,14,16H,2-3,5,7-8,10-12H2,1H3. The molecule has 2 heterocycles. The molecule has 4 nitrogen and oxygen atoms in total. The van der Waals surface area contributed by atoms with Gasteiger partial charge in [-0.25, -0.2) is 0 Å². The summed E-state index contributed by atoms with van der Waals surface area (Å²) in [4.78, 5) is 12.3. The molecule has 1 aromatic rings. The fourth-order valence-corrected chi connectivity index (χ4v) is 2.40. The SMILES string of the molecule is CCCCNCc1cccn(CC2CCCO2)c1=O. The Morgan fingerprint density at radius 1 is 1.53 bits per heavy atom. The number of unbranched alkanes of at least 4 members (excludes halogenated alkanes) is 1. The van der Waals surface area contributed by atoms with Crippen LogP contribution in [0.15, 0.2) is 23.1 Å². The molecule has 19 heavy (non-hydrogen) atoms.